The van der Waals surface area contributed by atoms with Crippen molar-refractivity contribution in [1.82, 2.24) is 0 Å². The van der Waals surface area contributed by atoms with Crippen LogP contribution in [0.1, 0.15) is 16.8 Å². The van der Waals surface area contributed by atoms with Gasteiger partial charge in [0, 0.05) is 5.69 Å². The standard InChI is InChI=1S/C16H14N2O3/c19-14-9-10-21-15-12(7-4-8-13(15)18-14)16(20)17-11-5-2-1-3-6-11/h1-8H,9-10H2,(H,17,20)(H,18,19). The highest BCUT2D eigenvalue weighted by molar-refractivity contribution is 6.08. The second kappa shape index (κ2) is 5.66. The smallest absolute Gasteiger partial charge is 0.259 e. The van der Waals surface area contributed by atoms with Crippen LogP contribution < -0.4 is 15.4 Å². The number of rotatable bonds is 2. The van der Waals surface area contributed by atoms with Crippen molar-refractivity contribution in [3.8, 4) is 5.75 Å². The fourth-order valence-electron chi connectivity index (χ4n) is 2.15. The van der Waals surface area contributed by atoms with E-state index in [4.69, 9.17) is 4.74 Å². The summed E-state index contributed by atoms with van der Waals surface area (Å²) in [6.45, 7) is 0.258. The van der Waals surface area contributed by atoms with E-state index in [0.717, 1.165) is 0 Å². The van der Waals surface area contributed by atoms with Crippen molar-refractivity contribution < 1.29 is 14.3 Å². The van der Waals surface area contributed by atoms with Crippen LogP contribution in [0.4, 0.5) is 11.4 Å². The van der Waals surface area contributed by atoms with Crippen LogP contribution in [0.5, 0.6) is 5.75 Å². The highest BCUT2D eigenvalue weighted by atomic mass is 16.5. The Labute approximate surface area is 121 Å². The predicted octanol–water partition coefficient (Wildman–Crippen LogP) is 2.66. The molecule has 106 valence electrons. The minimum atomic E-state index is -0.269. The lowest BCUT2D eigenvalue weighted by atomic mass is 10.1. The molecule has 2 aromatic rings. The van der Waals surface area contributed by atoms with Crippen molar-refractivity contribution in [2.45, 2.75) is 6.42 Å². The second-order valence-corrected chi connectivity index (χ2v) is 4.65. The monoisotopic (exact) mass is 282 g/mol. The molecular weight excluding hydrogens is 268 g/mol. The maximum Gasteiger partial charge on any atom is 0.259 e. The van der Waals surface area contributed by atoms with Gasteiger partial charge in [-0.2, -0.15) is 0 Å². The Kier molecular flexibility index (Phi) is 3.55. The molecule has 0 unspecified atom stereocenters. The number of amides is 2. The normalized spacial score (nSPS) is 13.4. The Morgan fingerprint density at radius 2 is 1.90 bits per heavy atom. The van der Waals surface area contributed by atoms with E-state index < -0.39 is 0 Å². The molecular formula is C16H14N2O3. The van der Waals surface area contributed by atoms with Crippen LogP contribution in [-0.4, -0.2) is 18.4 Å². The van der Waals surface area contributed by atoms with Gasteiger partial charge >= 0.3 is 0 Å². The van der Waals surface area contributed by atoms with E-state index in [1.165, 1.54) is 0 Å². The summed E-state index contributed by atoms with van der Waals surface area (Å²) in [5.41, 5.74) is 1.63. The molecule has 1 heterocycles. The van der Waals surface area contributed by atoms with Gasteiger partial charge in [0.15, 0.2) is 5.75 Å². The molecule has 0 spiro atoms. The Morgan fingerprint density at radius 3 is 2.71 bits per heavy atom. The first-order valence-electron chi connectivity index (χ1n) is 6.66. The van der Waals surface area contributed by atoms with Gasteiger partial charge in [0.05, 0.1) is 24.3 Å². The van der Waals surface area contributed by atoms with E-state index >= 15 is 0 Å². The van der Waals surface area contributed by atoms with Crippen LogP contribution in [0.15, 0.2) is 48.5 Å². The maximum atomic E-state index is 12.4. The van der Waals surface area contributed by atoms with Crippen LogP contribution in [0, 0.1) is 0 Å². The first kappa shape index (κ1) is 13.2. The van der Waals surface area contributed by atoms with Crippen molar-refractivity contribution in [2.24, 2.45) is 0 Å². The lowest BCUT2D eigenvalue weighted by Crippen LogP contribution is -2.14. The van der Waals surface area contributed by atoms with E-state index in [-0.39, 0.29) is 24.8 Å². The number of carbonyl (C=O) groups excluding carboxylic acids is 2. The summed E-state index contributed by atoms with van der Waals surface area (Å²) in [7, 11) is 0. The zero-order valence-corrected chi connectivity index (χ0v) is 11.3. The number of para-hydroxylation sites is 2. The van der Waals surface area contributed by atoms with E-state index in [0.29, 0.717) is 22.7 Å². The van der Waals surface area contributed by atoms with Gasteiger partial charge in [-0.3, -0.25) is 9.59 Å². The molecule has 2 amide bonds. The summed E-state index contributed by atoms with van der Waals surface area (Å²) in [6, 6.07) is 14.3. The molecule has 1 aliphatic rings. The first-order valence-corrected chi connectivity index (χ1v) is 6.66. The number of ether oxygens (including phenoxy) is 1. The van der Waals surface area contributed by atoms with Gasteiger partial charge < -0.3 is 15.4 Å². The van der Waals surface area contributed by atoms with E-state index in [2.05, 4.69) is 10.6 Å². The van der Waals surface area contributed by atoms with E-state index in [1.807, 2.05) is 30.3 Å². The predicted molar refractivity (Wildman–Crippen MR) is 79.6 cm³/mol. The molecule has 0 radical (unpaired) electrons. The van der Waals surface area contributed by atoms with Gasteiger partial charge in [-0.25, -0.2) is 0 Å². The number of fused-ring (bicyclic) bond motifs is 1. The lowest BCUT2D eigenvalue weighted by Gasteiger charge is -2.12. The van der Waals surface area contributed by atoms with Gasteiger partial charge in [-0.1, -0.05) is 24.3 Å². The van der Waals surface area contributed by atoms with Gasteiger partial charge in [-0.05, 0) is 24.3 Å². The lowest BCUT2D eigenvalue weighted by molar-refractivity contribution is -0.116. The van der Waals surface area contributed by atoms with Crippen molar-refractivity contribution in [2.75, 3.05) is 17.2 Å². The number of anilines is 2. The van der Waals surface area contributed by atoms with E-state index in [1.54, 1.807) is 18.2 Å². The third-order valence-corrected chi connectivity index (χ3v) is 3.14. The summed E-state index contributed by atoms with van der Waals surface area (Å²) in [4.78, 5) is 23.9. The molecule has 2 N–H and O–H groups in total. The zero-order chi connectivity index (χ0) is 14.7. The minimum Gasteiger partial charge on any atom is -0.490 e. The number of benzene rings is 2. The average Bonchev–Trinajstić information content (AvgIpc) is 2.68. The Balaban J connectivity index is 1.90. The largest absolute Gasteiger partial charge is 0.490 e. The molecule has 0 aliphatic carbocycles. The van der Waals surface area contributed by atoms with Gasteiger partial charge in [0.25, 0.3) is 5.91 Å². The van der Waals surface area contributed by atoms with Crippen LogP contribution in [0.2, 0.25) is 0 Å². The molecule has 5 heteroatoms. The molecule has 2 aromatic carbocycles. The van der Waals surface area contributed by atoms with E-state index in [9.17, 15) is 9.59 Å². The van der Waals surface area contributed by atoms with Crippen molar-refractivity contribution in [3.05, 3.63) is 54.1 Å². The molecule has 1 aliphatic heterocycles. The molecule has 3 rings (SSSR count). The third-order valence-electron chi connectivity index (χ3n) is 3.14. The fourth-order valence-corrected chi connectivity index (χ4v) is 2.15. The first-order chi connectivity index (χ1) is 10.2. The van der Waals surface area contributed by atoms with Crippen LogP contribution >= 0.6 is 0 Å². The van der Waals surface area contributed by atoms with Crippen LogP contribution in [0.3, 0.4) is 0 Å². The summed E-state index contributed by atoms with van der Waals surface area (Å²) >= 11 is 0. The maximum absolute atomic E-state index is 12.4. The van der Waals surface area contributed by atoms with Crippen molar-refractivity contribution >= 4 is 23.2 Å². The molecule has 0 saturated heterocycles. The SMILES string of the molecule is O=C1CCOc2c(cccc2C(=O)Nc2ccccc2)N1. The minimum absolute atomic E-state index is 0.116. The summed E-state index contributed by atoms with van der Waals surface area (Å²) in [6.07, 6.45) is 0.272. The molecule has 5 nitrogen and oxygen atoms in total. The van der Waals surface area contributed by atoms with Gasteiger partial charge in [0.1, 0.15) is 0 Å². The Morgan fingerprint density at radius 1 is 1.10 bits per heavy atom. The molecule has 0 saturated carbocycles. The average molecular weight is 282 g/mol. The van der Waals surface area contributed by atoms with Crippen LogP contribution in [0.25, 0.3) is 0 Å². The summed E-state index contributed by atoms with van der Waals surface area (Å²) < 4.78 is 5.56. The highest BCUT2D eigenvalue weighted by Gasteiger charge is 2.20. The van der Waals surface area contributed by atoms with Crippen molar-refractivity contribution in [1.29, 1.82) is 0 Å². The number of hydrogen-bond donors (Lipinski definition) is 2. The number of carbonyl (C=O) groups is 2. The zero-order valence-electron chi connectivity index (χ0n) is 11.3. The number of hydrogen-bond acceptors (Lipinski definition) is 3. The molecule has 21 heavy (non-hydrogen) atoms. The summed E-state index contributed by atoms with van der Waals surface area (Å²) in [5, 5.41) is 5.55. The Hall–Kier alpha value is -2.82. The quantitative estimate of drug-likeness (QED) is 0.889. The highest BCUT2D eigenvalue weighted by Crippen LogP contribution is 2.31. The van der Waals surface area contributed by atoms with Gasteiger partial charge in [-0.15, -0.1) is 0 Å². The van der Waals surface area contributed by atoms with Crippen LogP contribution in [-0.2, 0) is 4.79 Å². The molecule has 0 aromatic heterocycles. The van der Waals surface area contributed by atoms with Crippen molar-refractivity contribution in [3.63, 3.8) is 0 Å². The fraction of sp³-hybridized carbons (Fsp3) is 0.125. The molecule has 0 bridgehead atoms. The third kappa shape index (κ3) is 2.86. The number of nitrogens with one attached hydrogen (secondary N) is 2. The summed E-state index contributed by atoms with van der Waals surface area (Å²) in [5.74, 6) is 0.0281. The molecule has 0 atom stereocenters. The van der Waals surface area contributed by atoms with Gasteiger partial charge in [0.2, 0.25) is 5.91 Å². The molecule has 0 fully saturated rings. The Bertz CT molecular complexity index is 683. The second-order valence-electron chi connectivity index (χ2n) is 4.65. The topological polar surface area (TPSA) is 67.4 Å².